The summed E-state index contributed by atoms with van der Waals surface area (Å²) in [6.07, 6.45) is -1.38. The first-order chi connectivity index (χ1) is 14.1. The largest absolute Gasteiger partial charge is 0.530 e. The first-order valence-electron chi connectivity index (χ1n) is 9.55. The van der Waals surface area contributed by atoms with E-state index in [0.717, 1.165) is 32.7 Å². The van der Waals surface area contributed by atoms with Gasteiger partial charge in [0.25, 0.3) is 0 Å². The van der Waals surface area contributed by atoms with Crippen LogP contribution in [0.5, 0.6) is 0 Å². The Morgan fingerprint density at radius 2 is 1.41 bits per heavy atom. The molecule has 1 heterocycles. The molecule has 0 unspecified atom stereocenters. The van der Waals surface area contributed by atoms with Crippen molar-refractivity contribution in [3.8, 4) is 11.1 Å². The minimum atomic E-state index is -1.38. The number of carboxylic acid groups (broad SMARTS) is 1. The molecular formula is C24H18NO4-. The molecule has 1 amide bonds. The highest BCUT2D eigenvalue weighted by Crippen LogP contribution is 2.45. The van der Waals surface area contributed by atoms with Crippen molar-refractivity contribution in [3.05, 3.63) is 95.1 Å². The quantitative estimate of drug-likeness (QED) is 0.650. The maximum atomic E-state index is 12.9. The summed E-state index contributed by atoms with van der Waals surface area (Å²) in [4.78, 5) is 25.6. The fourth-order valence-corrected chi connectivity index (χ4v) is 4.50. The molecule has 0 spiro atoms. The maximum Gasteiger partial charge on any atom is 0.333 e. The van der Waals surface area contributed by atoms with E-state index in [1.165, 1.54) is 0 Å². The Labute approximate surface area is 168 Å². The third kappa shape index (κ3) is 2.78. The Balaban J connectivity index is 1.42. The van der Waals surface area contributed by atoms with Gasteiger partial charge in [0, 0.05) is 12.5 Å². The van der Waals surface area contributed by atoms with Crippen molar-refractivity contribution >= 4 is 12.1 Å². The highest BCUT2D eigenvalue weighted by molar-refractivity contribution is 5.84. The standard InChI is InChI=1S/C24H19NO4/c26-23(22-16-8-2-1-7-15(16)13-25(22)24(27)28)29-14-21-19-11-5-3-9-17(19)18-10-4-6-12-20(18)21/h1-12,21-22H,13-14H2,(H,27,28)/p-1/t22-/m0/s1. The summed E-state index contributed by atoms with van der Waals surface area (Å²) in [6.45, 7) is 0.291. The van der Waals surface area contributed by atoms with Crippen LogP contribution in [0.1, 0.15) is 34.2 Å². The predicted molar refractivity (Wildman–Crippen MR) is 105 cm³/mol. The summed E-state index contributed by atoms with van der Waals surface area (Å²) in [6, 6.07) is 22.4. The van der Waals surface area contributed by atoms with Gasteiger partial charge in [0.05, 0.1) is 0 Å². The Bertz CT molecular complexity index is 1080. The number of carbonyl (C=O) groups is 2. The van der Waals surface area contributed by atoms with Gasteiger partial charge in [-0.2, -0.15) is 0 Å². The van der Waals surface area contributed by atoms with Crippen molar-refractivity contribution in [1.29, 1.82) is 0 Å². The normalized spacial score (nSPS) is 16.8. The van der Waals surface area contributed by atoms with Crippen LogP contribution in [-0.2, 0) is 16.1 Å². The Morgan fingerprint density at radius 1 is 0.862 bits per heavy atom. The zero-order chi connectivity index (χ0) is 20.0. The second kappa shape index (κ2) is 6.78. The Kier molecular flexibility index (Phi) is 4.09. The van der Waals surface area contributed by atoms with E-state index in [9.17, 15) is 14.7 Å². The summed E-state index contributed by atoms with van der Waals surface area (Å²) < 4.78 is 5.69. The molecule has 1 atom stereocenters. The van der Waals surface area contributed by atoms with Crippen LogP contribution in [0.15, 0.2) is 72.8 Å². The van der Waals surface area contributed by atoms with E-state index in [2.05, 4.69) is 12.1 Å². The summed E-state index contributed by atoms with van der Waals surface area (Å²) >= 11 is 0. The van der Waals surface area contributed by atoms with Gasteiger partial charge in [-0.1, -0.05) is 72.8 Å². The van der Waals surface area contributed by atoms with Crippen LogP contribution in [-0.4, -0.2) is 23.6 Å². The van der Waals surface area contributed by atoms with Crippen LogP contribution in [0.3, 0.4) is 0 Å². The molecule has 0 saturated carbocycles. The van der Waals surface area contributed by atoms with Crippen molar-refractivity contribution in [3.63, 3.8) is 0 Å². The van der Waals surface area contributed by atoms with Gasteiger partial charge >= 0.3 is 5.97 Å². The third-order valence-electron chi connectivity index (χ3n) is 5.81. The highest BCUT2D eigenvalue weighted by atomic mass is 16.5. The van der Waals surface area contributed by atoms with Gasteiger partial charge in [0.15, 0.2) is 6.04 Å². The van der Waals surface area contributed by atoms with Crippen LogP contribution < -0.4 is 5.11 Å². The Hall–Kier alpha value is -3.60. The lowest BCUT2D eigenvalue weighted by atomic mass is 9.98. The third-order valence-corrected chi connectivity index (χ3v) is 5.81. The zero-order valence-electron chi connectivity index (χ0n) is 15.6. The number of ether oxygens (including phenoxy) is 1. The van der Waals surface area contributed by atoms with Gasteiger partial charge in [0.2, 0.25) is 0 Å². The number of fused-ring (bicyclic) bond motifs is 4. The van der Waals surface area contributed by atoms with E-state index in [1.807, 2.05) is 48.5 Å². The lowest BCUT2D eigenvalue weighted by Gasteiger charge is -2.26. The summed E-state index contributed by atoms with van der Waals surface area (Å²) in [5, 5.41) is 11.6. The number of esters is 1. The van der Waals surface area contributed by atoms with Gasteiger partial charge in [-0.15, -0.1) is 0 Å². The minimum Gasteiger partial charge on any atom is -0.530 e. The van der Waals surface area contributed by atoms with E-state index in [1.54, 1.807) is 12.1 Å². The Morgan fingerprint density at radius 3 is 2.03 bits per heavy atom. The predicted octanol–water partition coefficient (Wildman–Crippen LogP) is 3.24. The molecule has 0 N–H and O–H groups in total. The first-order valence-corrected chi connectivity index (χ1v) is 9.55. The number of nitrogens with zero attached hydrogens (tertiary/aromatic N) is 1. The van der Waals surface area contributed by atoms with E-state index < -0.39 is 18.1 Å². The molecule has 1 aliphatic carbocycles. The number of amides is 1. The zero-order valence-corrected chi connectivity index (χ0v) is 15.6. The van der Waals surface area contributed by atoms with Crippen molar-refractivity contribution in [2.24, 2.45) is 0 Å². The van der Waals surface area contributed by atoms with Crippen LogP contribution in [0.2, 0.25) is 0 Å². The smallest absolute Gasteiger partial charge is 0.333 e. The summed E-state index contributed by atoms with van der Waals surface area (Å²) in [5.41, 5.74) is 5.98. The number of carbonyl (C=O) groups excluding carboxylic acids is 2. The molecule has 2 aliphatic rings. The van der Waals surface area contributed by atoms with Gasteiger partial charge in [0.1, 0.15) is 12.7 Å². The minimum absolute atomic E-state index is 0.0700. The van der Waals surface area contributed by atoms with E-state index in [-0.39, 0.29) is 19.1 Å². The average molecular weight is 384 g/mol. The molecule has 1 aliphatic heterocycles. The van der Waals surface area contributed by atoms with Crippen LogP contribution in [0, 0.1) is 0 Å². The van der Waals surface area contributed by atoms with Gasteiger partial charge in [-0.05, 0) is 33.4 Å². The van der Waals surface area contributed by atoms with Crippen LogP contribution >= 0.6 is 0 Å². The van der Waals surface area contributed by atoms with Gasteiger partial charge in [-0.3, -0.25) is 0 Å². The van der Waals surface area contributed by atoms with Crippen molar-refractivity contribution < 1.29 is 19.4 Å². The first kappa shape index (κ1) is 17.5. The molecule has 0 fully saturated rings. The monoisotopic (exact) mass is 384 g/mol. The topological polar surface area (TPSA) is 69.7 Å². The van der Waals surface area contributed by atoms with Crippen LogP contribution in [0.4, 0.5) is 4.79 Å². The van der Waals surface area contributed by atoms with E-state index in [0.29, 0.717) is 5.56 Å². The maximum absolute atomic E-state index is 12.9. The van der Waals surface area contributed by atoms with E-state index >= 15 is 0 Å². The molecular weight excluding hydrogens is 366 g/mol. The summed E-state index contributed by atoms with van der Waals surface area (Å²) in [5.74, 6) is -0.639. The number of rotatable bonds is 3. The SMILES string of the molecule is O=C(OCC1c2ccccc2-c2ccccc21)[C@@H]1c2ccccc2CN1C(=O)[O-]. The van der Waals surface area contributed by atoms with Gasteiger partial charge < -0.3 is 19.5 Å². The molecule has 29 heavy (non-hydrogen) atoms. The fourth-order valence-electron chi connectivity index (χ4n) is 4.50. The molecule has 144 valence electrons. The van der Waals surface area contributed by atoms with Crippen molar-refractivity contribution in [2.75, 3.05) is 6.61 Å². The molecule has 0 aromatic heterocycles. The number of hydrogen-bond donors (Lipinski definition) is 0. The second-order valence-corrected chi connectivity index (χ2v) is 7.35. The van der Waals surface area contributed by atoms with Crippen molar-refractivity contribution in [1.82, 2.24) is 4.90 Å². The van der Waals surface area contributed by atoms with E-state index in [4.69, 9.17) is 4.74 Å². The van der Waals surface area contributed by atoms with Crippen LogP contribution in [0.25, 0.3) is 11.1 Å². The molecule has 5 rings (SSSR count). The molecule has 0 radical (unpaired) electrons. The fraction of sp³-hybridized carbons (Fsp3) is 0.167. The molecule has 5 nitrogen and oxygen atoms in total. The number of hydrogen-bond acceptors (Lipinski definition) is 4. The highest BCUT2D eigenvalue weighted by Gasteiger charge is 2.38. The molecule has 3 aromatic rings. The van der Waals surface area contributed by atoms with Crippen molar-refractivity contribution in [2.45, 2.75) is 18.5 Å². The lowest BCUT2D eigenvalue weighted by Crippen LogP contribution is -2.43. The lowest BCUT2D eigenvalue weighted by molar-refractivity contribution is -0.268. The molecule has 0 bridgehead atoms. The molecule has 5 heteroatoms. The number of benzene rings is 3. The molecule has 3 aromatic carbocycles. The molecule has 0 saturated heterocycles. The second-order valence-electron chi connectivity index (χ2n) is 7.35. The average Bonchev–Trinajstić information content (AvgIpc) is 3.29. The summed E-state index contributed by atoms with van der Waals surface area (Å²) in [7, 11) is 0. The van der Waals surface area contributed by atoms with Gasteiger partial charge in [-0.25, -0.2) is 4.79 Å².